The Labute approximate surface area is 201 Å². The van der Waals surface area contributed by atoms with Gasteiger partial charge in [0.05, 0.1) is 21.4 Å². The number of piperazine rings is 1. The number of hydrogen-bond acceptors (Lipinski definition) is 4. The van der Waals surface area contributed by atoms with Crippen molar-refractivity contribution in [3.05, 3.63) is 58.1 Å². The standard InChI is InChI=1S/C23H24ClF3N2O4S/c1-13-11-28(17-6-7-19(20(24)10-17)23(25,26)27)12-14(2)29(13)34(32,33)21-5-3-4-15-8-16(22(30)31)9-18(15)21/h3-7,10,13-14,16H,8-9,11-12H2,1-2H3,(H,30,31). The summed E-state index contributed by atoms with van der Waals surface area (Å²) < 4.78 is 68.0. The van der Waals surface area contributed by atoms with Gasteiger partial charge in [-0.1, -0.05) is 23.7 Å². The molecule has 0 spiro atoms. The maximum Gasteiger partial charge on any atom is 0.417 e. The number of hydrogen-bond donors (Lipinski definition) is 1. The van der Waals surface area contributed by atoms with Crippen LogP contribution in [-0.4, -0.2) is 49.0 Å². The van der Waals surface area contributed by atoms with Crippen molar-refractivity contribution in [2.24, 2.45) is 5.92 Å². The lowest BCUT2D eigenvalue weighted by Gasteiger charge is -2.44. The third-order valence-electron chi connectivity index (χ3n) is 6.51. The fourth-order valence-electron chi connectivity index (χ4n) is 5.07. The fraction of sp³-hybridized carbons (Fsp3) is 0.435. The first-order chi connectivity index (χ1) is 15.8. The highest BCUT2D eigenvalue weighted by molar-refractivity contribution is 7.89. The predicted molar refractivity (Wildman–Crippen MR) is 122 cm³/mol. The SMILES string of the molecule is CC1CN(c2ccc(C(F)(F)F)c(Cl)c2)CC(C)N1S(=O)(=O)c1cccc2c1CC(C(=O)O)C2. The molecule has 1 aliphatic carbocycles. The molecule has 184 valence electrons. The van der Waals surface area contributed by atoms with Crippen molar-refractivity contribution in [2.45, 2.75) is 49.8 Å². The lowest BCUT2D eigenvalue weighted by atomic mass is 10.1. The van der Waals surface area contributed by atoms with E-state index in [4.69, 9.17) is 11.6 Å². The maximum atomic E-state index is 13.7. The minimum absolute atomic E-state index is 0.124. The monoisotopic (exact) mass is 516 g/mol. The van der Waals surface area contributed by atoms with Crippen molar-refractivity contribution in [3.63, 3.8) is 0 Å². The molecule has 0 aromatic heterocycles. The molecule has 2 aliphatic rings. The zero-order valence-corrected chi connectivity index (χ0v) is 20.1. The Balaban J connectivity index is 1.60. The molecule has 1 fully saturated rings. The lowest BCUT2D eigenvalue weighted by Crippen LogP contribution is -2.58. The molecule has 1 N–H and O–H groups in total. The van der Waals surface area contributed by atoms with Crippen LogP contribution in [0.4, 0.5) is 18.9 Å². The van der Waals surface area contributed by atoms with Crippen LogP contribution < -0.4 is 4.90 Å². The third-order valence-corrected chi connectivity index (χ3v) is 9.04. The van der Waals surface area contributed by atoms with Crippen LogP contribution in [0.5, 0.6) is 0 Å². The van der Waals surface area contributed by atoms with Gasteiger partial charge in [-0.2, -0.15) is 17.5 Å². The number of rotatable bonds is 4. The van der Waals surface area contributed by atoms with E-state index in [0.29, 0.717) is 17.7 Å². The maximum absolute atomic E-state index is 13.7. The molecule has 0 bridgehead atoms. The number of nitrogens with zero attached hydrogens (tertiary/aromatic N) is 2. The molecule has 1 aliphatic heterocycles. The molecule has 4 rings (SSSR count). The van der Waals surface area contributed by atoms with Gasteiger partial charge in [0.25, 0.3) is 0 Å². The Morgan fingerprint density at radius 3 is 2.29 bits per heavy atom. The largest absolute Gasteiger partial charge is 0.481 e. The highest BCUT2D eigenvalue weighted by Gasteiger charge is 2.41. The second-order valence-corrected chi connectivity index (χ2v) is 11.2. The van der Waals surface area contributed by atoms with Gasteiger partial charge in [-0.25, -0.2) is 8.42 Å². The van der Waals surface area contributed by atoms with Crippen LogP contribution in [0.1, 0.15) is 30.5 Å². The van der Waals surface area contributed by atoms with E-state index in [-0.39, 0.29) is 24.4 Å². The quantitative estimate of drug-likeness (QED) is 0.650. The first-order valence-corrected chi connectivity index (χ1v) is 12.6. The third kappa shape index (κ3) is 4.38. The summed E-state index contributed by atoms with van der Waals surface area (Å²) >= 11 is 5.88. The molecule has 11 heteroatoms. The number of anilines is 1. The van der Waals surface area contributed by atoms with Gasteiger partial charge < -0.3 is 10.0 Å². The minimum atomic E-state index is -4.56. The van der Waals surface area contributed by atoms with Crippen molar-refractivity contribution in [3.8, 4) is 0 Å². The molecule has 3 atom stereocenters. The van der Waals surface area contributed by atoms with Crippen molar-refractivity contribution < 1.29 is 31.5 Å². The van der Waals surface area contributed by atoms with Crippen LogP contribution in [0.25, 0.3) is 0 Å². The van der Waals surface area contributed by atoms with Crippen LogP contribution in [0.3, 0.4) is 0 Å². The number of halogens is 4. The molecule has 1 heterocycles. The molecule has 0 radical (unpaired) electrons. The number of fused-ring (bicyclic) bond motifs is 1. The zero-order chi connectivity index (χ0) is 25.0. The second-order valence-electron chi connectivity index (χ2n) is 8.94. The predicted octanol–water partition coefficient (Wildman–Crippen LogP) is 4.45. The molecule has 0 amide bonds. The molecule has 3 unspecified atom stereocenters. The minimum Gasteiger partial charge on any atom is -0.481 e. The van der Waals surface area contributed by atoms with E-state index in [1.807, 2.05) is 4.90 Å². The van der Waals surface area contributed by atoms with E-state index in [9.17, 15) is 31.5 Å². The smallest absolute Gasteiger partial charge is 0.417 e. The molecule has 6 nitrogen and oxygen atoms in total. The highest BCUT2D eigenvalue weighted by Crippen LogP contribution is 2.38. The number of benzene rings is 2. The van der Waals surface area contributed by atoms with Gasteiger partial charge in [0.1, 0.15) is 0 Å². The lowest BCUT2D eigenvalue weighted by molar-refractivity contribution is -0.141. The first-order valence-electron chi connectivity index (χ1n) is 10.8. The van der Waals surface area contributed by atoms with Crippen LogP contribution in [0, 0.1) is 5.92 Å². The average molecular weight is 517 g/mol. The Morgan fingerprint density at radius 2 is 1.74 bits per heavy atom. The van der Waals surface area contributed by atoms with Crippen LogP contribution >= 0.6 is 11.6 Å². The molecule has 0 saturated carbocycles. The number of alkyl halides is 3. The van der Waals surface area contributed by atoms with E-state index in [1.54, 1.807) is 26.0 Å². The average Bonchev–Trinajstić information content (AvgIpc) is 3.16. The van der Waals surface area contributed by atoms with Gasteiger partial charge in [-0.3, -0.25) is 4.79 Å². The Hall–Kier alpha value is -2.30. The number of sulfonamides is 1. The molecule has 34 heavy (non-hydrogen) atoms. The van der Waals surface area contributed by atoms with Gasteiger partial charge in [0.15, 0.2) is 0 Å². The van der Waals surface area contributed by atoms with E-state index in [2.05, 4.69) is 0 Å². The number of carboxylic acid groups (broad SMARTS) is 1. The molecular weight excluding hydrogens is 493 g/mol. The summed E-state index contributed by atoms with van der Waals surface area (Å²) in [6, 6.07) is 7.47. The van der Waals surface area contributed by atoms with Gasteiger partial charge in [0.2, 0.25) is 10.0 Å². The van der Waals surface area contributed by atoms with E-state index in [0.717, 1.165) is 11.6 Å². The van der Waals surface area contributed by atoms with Gasteiger partial charge in [-0.05, 0) is 62.1 Å². The van der Waals surface area contributed by atoms with Crippen molar-refractivity contribution in [1.82, 2.24) is 4.31 Å². The summed E-state index contributed by atoms with van der Waals surface area (Å²) in [4.78, 5) is 13.4. The fourth-order valence-corrected chi connectivity index (χ4v) is 7.44. The summed E-state index contributed by atoms with van der Waals surface area (Å²) in [5, 5.41) is 8.98. The summed E-state index contributed by atoms with van der Waals surface area (Å²) in [6.07, 6.45) is -4.10. The topological polar surface area (TPSA) is 77.9 Å². The van der Waals surface area contributed by atoms with Crippen molar-refractivity contribution >= 4 is 33.3 Å². The Kier molecular flexibility index (Phi) is 6.37. The Morgan fingerprint density at radius 1 is 1.09 bits per heavy atom. The van der Waals surface area contributed by atoms with Crippen LogP contribution in [0.2, 0.25) is 5.02 Å². The van der Waals surface area contributed by atoms with Gasteiger partial charge >= 0.3 is 12.1 Å². The number of carbonyl (C=O) groups is 1. The normalized spacial score (nSPS) is 23.7. The summed E-state index contributed by atoms with van der Waals surface area (Å²) in [6.45, 7) is 4.01. The number of aliphatic carboxylic acids is 1. The van der Waals surface area contributed by atoms with Crippen molar-refractivity contribution in [2.75, 3.05) is 18.0 Å². The first kappa shape index (κ1) is 24.8. The molecule has 1 saturated heterocycles. The number of carboxylic acids is 1. The second kappa shape index (κ2) is 8.73. The highest BCUT2D eigenvalue weighted by atomic mass is 35.5. The van der Waals surface area contributed by atoms with Crippen LogP contribution in [-0.2, 0) is 33.8 Å². The van der Waals surface area contributed by atoms with Crippen molar-refractivity contribution in [1.29, 1.82) is 0 Å². The van der Waals surface area contributed by atoms with Gasteiger partial charge in [-0.15, -0.1) is 0 Å². The van der Waals surface area contributed by atoms with E-state index in [1.165, 1.54) is 22.5 Å². The summed E-state index contributed by atoms with van der Waals surface area (Å²) in [5.41, 5.74) is 0.842. The van der Waals surface area contributed by atoms with E-state index < -0.39 is 50.8 Å². The summed E-state index contributed by atoms with van der Waals surface area (Å²) in [7, 11) is -3.94. The van der Waals surface area contributed by atoms with E-state index >= 15 is 0 Å². The Bertz CT molecular complexity index is 1220. The molecular formula is C23H24ClF3N2O4S. The molecule has 2 aromatic carbocycles. The van der Waals surface area contributed by atoms with Crippen LogP contribution in [0.15, 0.2) is 41.3 Å². The van der Waals surface area contributed by atoms with Gasteiger partial charge in [0, 0.05) is 30.9 Å². The molecule has 2 aromatic rings. The zero-order valence-electron chi connectivity index (χ0n) is 18.5. The summed E-state index contributed by atoms with van der Waals surface area (Å²) in [5.74, 6) is -1.60.